The fraction of sp³-hybridized carbons (Fsp3) is 0.412. The average molecular weight is 340 g/mol. The topological polar surface area (TPSA) is 99.1 Å². The first-order valence-electron chi connectivity index (χ1n) is 8.46. The number of imidazole rings is 1. The van der Waals surface area contributed by atoms with E-state index in [9.17, 15) is 9.59 Å². The summed E-state index contributed by atoms with van der Waals surface area (Å²) in [7, 11) is 0. The molecule has 4 rings (SSSR count). The highest BCUT2D eigenvalue weighted by molar-refractivity contribution is 5.78. The zero-order chi connectivity index (χ0) is 17.4. The SMILES string of the molecule is Cc1cccn2cc(CC(=O)N3CCCC(c4n[nH]c(=O)[nH]4)C3)nc12. The predicted molar refractivity (Wildman–Crippen MR) is 91.4 cm³/mol. The van der Waals surface area contributed by atoms with Gasteiger partial charge in [0.05, 0.1) is 12.1 Å². The molecule has 1 amide bonds. The number of carbonyl (C=O) groups excluding carboxylic acids is 1. The van der Waals surface area contributed by atoms with Gasteiger partial charge >= 0.3 is 5.69 Å². The molecule has 0 bridgehead atoms. The lowest BCUT2D eigenvalue weighted by atomic mass is 9.97. The summed E-state index contributed by atoms with van der Waals surface area (Å²) in [5.74, 6) is 0.759. The van der Waals surface area contributed by atoms with Crippen molar-refractivity contribution in [1.82, 2.24) is 29.5 Å². The number of rotatable bonds is 3. The van der Waals surface area contributed by atoms with E-state index in [1.807, 2.05) is 40.8 Å². The van der Waals surface area contributed by atoms with Crippen molar-refractivity contribution in [1.29, 1.82) is 0 Å². The van der Waals surface area contributed by atoms with Crippen LogP contribution in [0.3, 0.4) is 0 Å². The molecule has 1 aliphatic rings. The van der Waals surface area contributed by atoms with Crippen molar-refractivity contribution in [3.8, 4) is 0 Å². The summed E-state index contributed by atoms with van der Waals surface area (Å²) >= 11 is 0. The van der Waals surface area contributed by atoms with Gasteiger partial charge in [0, 0.05) is 31.4 Å². The fourth-order valence-corrected chi connectivity index (χ4v) is 3.46. The van der Waals surface area contributed by atoms with Crippen LogP contribution in [0.1, 0.15) is 35.8 Å². The molecule has 2 N–H and O–H groups in total. The van der Waals surface area contributed by atoms with Crippen LogP contribution in [-0.4, -0.2) is 48.5 Å². The Morgan fingerprint density at radius 2 is 2.32 bits per heavy atom. The van der Waals surface area contributed by atoms with Crippen molar-refractivity contribution >= 4 is 11.6 Å². The van der Waals surface area contributed by atoms with Crippen LogP contribution in [0.2, 0.25) is 0 Å². The molecule has 3 aromatic rings. The first-order valence-corrected chi connectivity index (χ1v) is 8.46. The van der Waals surface area contributed by atoms with Crippen LogP contribution >= 0.6 is 0 Å². The minimum Gasteiger partial charge on any atom is -0.342 e. The zero-order valence-corrected chi connectivity index (χ0v) is 14.0. The third-order valence-corrected chi connectivity index (χ3v) is 4.74. The van der Waals surface area contributed by atoms with Crippen LogP contribution in [0, 0.1) is 6.92 Å². The molecular formula is C17H20N6O2. The summed E-state index contributed by atoms with van der Waals surface area (Å²) in [6, 6.07) is 3.98. The van der Waals surface area contributed by atoms with Gasteiger partial charge in [-0.05, 0) is 31.4 Å². The number of pyridine rings is 1. The second-order valence-corrected chi connectivity index (χ2v) is 6.57. The number of fused-ring (bicyclic) bond motifs is 1. The highest BCUT2D eigenvalue weighted by Crippen LogP contribution is 2.24. The number of hydrogen-bond acceptors (Lipinski definition) is 4. The normalized spacial score (nSPS) is 18.0. The number of carbonyl (C=O) groups is 1. The monoisotopic (exact) mass is 340 g/mol. The lowest BCUT2D eigenvalue weighted by Gasteiger charge is -2.31. The van der Waals surface area contributed by atoms with E-state index < -0.39 is 0 Å². The molecule has 1 unspecified atom stereocenters. The number of aryl methyl sites for hydroxylation is 1. The quantitative estimate of drug-likeness (QED) is 0.743. The lowest BCUT2D eigenvalue weighted by molar-refractivity contribution is -0.131. The van der Waals surface area contributed by atoms with Crippen molar-refractivity contribution in [2.24, 2.45) is 0 Å². The second-order valence-electron chi connectivity index (χ2n) is 6.57. The van der Waals surface area contributed by atoms with Crippen LogP contribution < -0.4 is 5.69 Å². The number of piperidine rings is 1. The summed E-state index contributed by atoms with van der Waals surface area (Å²) in [6.45, 7) is 3.32. The van der Waals surface area contributed by atoms with Crippen LogP contribution in [0.25, 0.3) is 5.65 Å². The van der Waals surface area contributed by atoms with Crippen LogP contribution in [0.15, 0.2) is 29.3 Å². The van der Waals surface area contributed by atoms with E-state index in [-0.39, 0.29) is 23.9 Å². The van der Waals surface area contributed by atoms with Gasteiger partial charge in [0.25, 0.3) is 0 Å². The molecule has 0 aromatic carbocycles. The van der Waals surface area contributed by atoms with Crippen molar-refractivity contribution in [3.05, 3.63) is 52.1 Å². The first-order chi connectivity index (χ1) is 12.1. The van der Waals surface area contributed by atoms with E-state index in [1.165, 1.54) is 0 Å². The number of nitrogens with zero attached hydrogens (tertiary/aromatic N) is 4. The molecule has 0 radical (unpaired) electrons. The van der Waals surface area contributed by atoms with E-state index in [0.29, 0.717) is 12.4 Å². The Hall–Kier alpha value is -2.90. The van der Waals surface area contributed by atoms with Gasteiger partial charge < -0.3 is 9.30 Å². The van der Waals surface area contributed by atoms with Crippen LogP contribution in [0.4, 0.5) is 0 Å². The standard InChI is InChI=1S/C17H20N6O2/c1-11-4-2-7-23-10-13(18-16(11)23)8-14(24)22-6-3-5-12(9-22)15-19-17(25)21-20-15/h2,4,7,10,12H,3,5-6,8-9H2,1H3,(H2,19,20,21,25). The number of nitrogens with one attached hydrogen (secondary N) is 2. The molecule has 4 heterocycles. The fourth-order valence-electron chi connectivity index (χ4n) is 3.46. The van der Waals surface area contributed by atoms with Crippen LogP contribution in [-0.2, 0) is 11.2 Å². The molecule has 1 atom stereocenters. The summed E-state index contributed by atoms with van der Waals surface area (Å²) in [4.78, 5) is 33.1. The second kappa shape index (κ2) is 6.19. The van der Waals surface area contributed by atoms with E-state index in [1.54, 1.807) is 0 Å². The van der Waals surface area contributed by atoms with Crippen molar-refractivity contribution in [2.75, 3.05) is 13.1 Å². The molecule has 0 saturated carbocycles. The maximum Gasteiger partial charge on any atom is 0.340 e. The third-order valence-electron chi connectivity index (χ3n) is 4.74. The van der Waals surface area contributed by atoms with Gasteiger partial charge in [0.2, 0.25) is 5.91 Å². The molecule has 0 spiro atoms. The molecule has 8 heteroatoms. The summed E-state index contributed by atoms with van der Waals surface area (Å²) in [5.41, 5.74) is 2.44. The highest BCUT2D eigenvalue weighted by atomic mass is 16.2. The van der Waals surface area contributed by atoms with Gasteiger partial charge in [-0.3, -0.25) is 9.78 Å². The van der Waals surface area contributed by atoms with Gasteiger partial charge in [0.1, 0.15) is 11.5 Å². The number of aromatic nitrogens is 5. The van der Waals surface area contributed by atoms with Gasteiger partial charge in [-0.25, -0.2) is 14.9 Å². The average Bonchev–Trinajstić information content (AvgIpc) is 3.22. The van der Waals surface area contributed by atoms with Gasteiger partial charge in [0.15, 0.2) is 0 Å². The molecule has 25 heavy (non-hydrogen) atoms. The summed E-state index contributed by atoms with van der Waals surface area (Å²) < 4.78 is 1.95. The molecule has 130 valence electrons. The Bertz CT molecular complexity index is 969. The molecule has 1 saturated heterocycles. The van der Waals surface area contributed by atoms with Gasteiger partial charge in [-0.1, -0.05) is 6.07 Å². The number of aromatic amines is 2. The van der Waals surface area contributed by atoms with Crippen molar-refractivity contribution in [2.45, 2.75) is 32.1 Å². The minimum absolute atomic E-state index is 0.0589. The maximum absolute atomic E-state index is 12.7. The van der Waals surface area contributed by atoms with E-state index >= 15 is 0 Å². The molecule has 8 nitrogen and oxygen atoms in total. The van der Waals surface area contributed by atoms with Crippen molar-refractivity contribution < 1.29 is 4.79 Å². The maximum atomic E-state index is 12.7. The number of H-pyrrole nitrogens is 2. The van der Waals surface area contributed by atoms with E-state index in [4.69, 9.17) is 0 Å². The van der Waals surface area contributed by atoms with Crippen LogP contribution in [0.5, 0.6) is 0 Å². The Morgan fingerprint density at radius 1 is 1.44 bits per heavy atom. The Labute approximate surface area is 143 Å². The number of likely N-dealkylation sites (tertiary alicyclic amines) is 1. The van der Waals surface area contributed by atoms with Gasteiger partial charge in [-0.2, -0.15) is 5.10 Å². The first kappa shape index (κ1) is 15.6. The smallest absolute Gasteiger partial charge is 0.340 e. The largest absolute Gasteiger partial charge is 0.342 e. The molecule has 0 aliphatic carbocycles. The molecule has 1 aliphatic heterocycles. The third kappa shape index (κ3) is 3.07. The zero-order valence-electron chi connectivity index (χ0n) is 14.0. The molecule has 3 aromatic heterocycles. The molecule has 1 fully saturated rings. The predicted octanol–water partition coefficient (Wildman–Crippen LogP) is 1.00. The summed E-state index contributed by atoms with van der Waals surface area (Å²) in [6.07, 6.45) is 5.94. The number of amides is 1. The summed E-state index contributed by atoms with van der Waals surface area (Å²) in [5, 5.41) is 6.40. The Morgan fingerprint density at radius 3 is 3.08 bits per heavy atom. The number of hydrogen-bond donors (Lipinski definition) is 2. The Kier molecular flexibility index (Phi) is 3.87. The lowest BCUT2D eigenvalue weighted by Crippen LogP contribution is -2.40. The van der Waals surface area contributed by atoms with Crippen molar-refractivity contribution in [3.63, 3.8) is 0 Å². The molecular weight excluding hydrogens is 320 g/mol. The Balaban J connectivity index is 1.48. The highest BCUT2D eigenvalue weighted by Gasteiger charge is 2.27. The minimum atomic E-state index is -0.307. The van der Waals surface area contributed by atoms with Gasteiger partial charge in [-0.15, -0.1) is 0 Å². The van der Waals surface area contributed by atoms with E-state index in [0.717, 1.165) is 36.3 Å². The van der Waals surface area contributed by atoms with E-state index in [2.05, 4.69) is 20.2 Å².